The van der Waals surface area contributed by atoms with Crippen LogP contribution in [-0.2, 0) is 4.74 Å². The number of ether oxygens (including phenoxy) is 1. The summed E-state index contributed by atoms with van der Waals surface area (Å²) < 4.78 is 4.58. The maximum Gasteiger partial charge on any atom is 0.184 e. The molecule has 0 aliphatic carbocycles. The van der Waals surface area contributed by atoms with Gasteiger partial charge in [-0.15, -0.1) is 0 Å². The van der Waals surface area contributed by atoms with Gasteiger partial charge in [0.25, 0.3) is 0 Å². The van der Waals surface area contributed by atoms with Crippen molar-refractivity contribution in [3.63, 3.8) is 0 Å². The minimum Gasteiger partial charge on any atom is -0.394 e. The zero-order valence-corrected chi connectivity index (χ0v) is 15.0. The Labute approximate surface area is 161 Å². The van der Waals surface area contributed by atoms with Crippen LogP contribution in [0.15, 0.2) is 60.7 Å². The van der Waals surface area contributed by atoms with Crippen molar-refractivity contribution in [3.8, 4) is 0 Å². The number of rotatable bonds is 1. The Morgan fingerprint density at radius 2 is 1.04 bits per heavy atom. The first-order valence-electron chi connectivity index (χ1n) is 9.12. The highest BCUT2D eigenvalue weighted by Crippen LogP contribution is 2.33. The van der Waals surface area contributed by atoms with Crippen LogP contribution in [0.25, 0.3) is 32.3 Å². The second-order valence-corrected chi connectivity index (χ2v) is 7.01. The topological polar surface area (TPSA) is 110 Å². The number of benzene rings is 4. The van der Waals surface area contributed by atoms with E-state index in [4.69, 9.17) is 25.5 Å². The van der Waals surface area contributed by atoms with Crippen molar-refractivity contribution in [1.29, 1.82) is 0 Å². The lowest BCUT2D eigenvalue weighted by Gasteiger charge is -2.37. The molecule has 6 nitrogen and oxygen atoms in total. The minimum absolute atomic E-state index is 0.526. The molecule has 1 fully saturated rings. The van der Waals surface area contributed by atoms with Crippen molar-refractivity contribution in [1.82, 2.24) is 0 Å². The predicted octanol–water partition coefficient (Wildman–Crippen LogP) is 1.36. The lowest BCUT2D eigenvalue weighted by atomic mass is 9.95. The average Bonchev–Trinajstić information content (AvgIpc) is 2.74. The van der Waals surface area contributed by atoms with Crippen molar-refractivity contribution >= 4 is 32.3 Å². The van der Waals surface area contributed by atoms with Gasteiger partial charge in [0.2, 0.25) is 0 Å². The fourth-order valence-electron chi connectivity index (χ4n) is 3.75. The largest absolute Gasteiger partial charge is 0.394 e. The molecule has 0 aromatic heterocycles. The minimum atomic E-state index is -1.57. The Morgan fingerprint density at radius 1 is 0.607 bits per heavy atom. The zero-order chi connectivity index (χ0) is 19.8. The van der Waals surface area contributed by atoms with E-state index in [2.05, 4.69) is 65.4 Å². The molecule has 1 heterocycles. The first kappa shape index (κ1) is 19.0. The summed E-state index contributed by atoms with van der Waals surface area (Å²) in [6, 6.07) is 21.9. The molecule has 4 aromatic carbocycles. The van der Waals surface area contributed by atoms with Gasteiger partial charge in [0.05, 0.1) is 6.61 Å². The number of aliphatic hydroxyl groups is 5. The van der Waals surface area contributed by atoms with Crippen LogP contribution in [0.2, 0.25) is 0 Å². The fourth-order valence-corrected chi connectivity index (χ4v) is 3.75. The zero-order valence-electron chi connectivity index (χ0n) is 15.0. The van der Waals surface area contributed by atoms with Gasteiger partial charge in [-0.05, 0) is 32.3 Å². The Balaban J connectivity index is 0.000000145. The van der Waals surface area contributed by atoms with Gasteiger partial charge in [-0.25, -0.2) is 0 Å². The van der Waals surface area contributed by atoms with Gasteiger partial charge in [0.15, 0.2) is 6.29 Å². The van der Waals surface area contributed by atoms with Crippen LogP contribution in [0.1, 0.15) is 0 Å². The van der Waals surface area contributed by atoms with Crippen LogP contribution in [0, 0.1) is 0 Å². The Hall–Kier alpha value is -2.32. The summed E-state index contributed by atoms with van der Waals surface area (Å²) in [5, 5.41) is 52.8. The molecule has 0 saturated carbocycles. The van der Waals surface area contributed by atoms with Gasteiger partial charge >= 0.3 is 0 Å². The summed E-state index contributed by atoms with van der Waals surface area (Å²) in [7, 11) is 0. The summed E-state index contributed by atoms with van der Waals surface area (Å²) >= 11 is 0. The Morgan fingerprint density at radius 3 is 1.43 bits per heavy atom. The third-order valence-corrected chi connectivity index (χ3v) is 5.26. The van der Waals surface area contributed by atoms with Gasteiger partial charge < -0.3 is 30.3 Å². The number of hydrogen-bond donors (Lipinski definition) is 5. The van der Waals surface area contributed by atoms with Crippen LogP contribution in [0.3, 0.4) is 0 Å². The van der Waals surface area contributed by atoms with Crippen LogP contribution < -0.4 is 0 Å². The molecule has 1 saturated heterocycles. The van der Waals surface area contributed by atoms with Gasteiger partial charge in [0, 0.05) is 0 Å². The third kappa shape index (κ3) is 3.20. The predicted molar refractivity (Wildman–Crippen MR) is 106 cm³/mol. The fraction of sp³-hybridized carbons (Fsp3) is 0.273. The molecule has 6 heteroatoms. The molecule has 28 heavy (non-hydrogen) atoms. The summed E-state index contributed by atoms with van der Waals surface area (Å²) in [6.45, 7) is -0.526. The van der Waals surface area contributed by atoms with Gasteiger partial charge in [-0.2, -0.15) is 0 Å². The summed E-state index contributed by atoms with van der Waals surface area (Å²) in [5.74, 6) is 0. The van der Waals surface area contributed by atoms with Gasteiger partial charge in [-0.3, -0.25) is 0 Å². The smallest absolute Gasteiger partial charge is 0.184 e. The van der Waals surface area contributed by atoms with E-state index in [0.717, 1.165) is 0 Å². The molecule has 4 aromatic rings. The Bertz CT molecular complexity index is 946. The van der Waals surface area contributed by atoms with Gasteiger partial charge in [-0.1, -0.05) is 60.7 Å². The molecular weight excluding hydrogens is 360 g/mol. The molecule has 0 unspecified atom stereocenters. The molecule has 146 valence electrons. The standard InChI is InChI=1S/C16H10.C6H12O6/c1-3-11-7-9-13-5-2-6-14-10-8-12(4-1)15(11)16(13)14;7-1-2-3(8)4(9)5(10)6(11)12-2/h1-10H;2-11H,1H2/t;2-,3+,4+,5-,6-/m.1/s1. The Kier molecular flexibility index (Phi) is 5.16. The van der Waals surface area contributed by atoms with Crippen molar-refractivity contribution in [2.24, 2.45) is 0 Å². The first-order valence-corrected chi connectivity index (χ1v) is 9.12. The highest BCUT2D eigenvalue weighted by atomic mass is 16.6. The van der Waals surface area contributed by atoms with E-state index in [1.807, 2.05) is 0 Å². The maximum atomic E-state index is 9.12. The first-order chi connectivity index (χ1) is 13.5. The van der Waals surface area contributed by atoms with Gasteiger partial charge in [0.1, 0.15) is 24.4 Å². The second-order valence-electron chi connectivity index (χ2n) is 7.01. The second kappa shape index (κ2) is 7.60. The van der Waals surface area contributed by atoms with Crippen LogP contribution in [0.4, 0.5) is 0 Å². The maximum absolute atomic E-state index is 9.12. The van der Waals surface area contributed by atoms with Crippen LogP contribution >= 0.6 is 0 Å². The number of aliphatic hydroxyl groups excluding tert-OH is 5. The van der Waals surface area contributed by atoms with Crippen molar-refractivity contribution in [3.05, 3.63) is 60.7 Å². The normalized spacial score (nSPS) is 27.8. The van der Waals surface area contributed by atoms with E-state index in [0.29, 0.717) is 0 Å². The molecule has 1 aliphatic rings. The molecular formula is C22H22O6. The van der Waals surface area contributed by atoms with Crippen molar-refractivity contribution in [2.75, 3.05) is 6.61 Å². The molecule has 1 aliphatic heterocycles. The molecule has 5 N–H and O–H groups in total. The quantitative estimate of drug-likeness (QED) is 0.318. The molecule has 0 bridgehead atoms. The summed E-state index contributed by atoms with van der Waals surface area (Å²) in [5.41, 5.74) is 0. The highest BCUT2D eigenvalue weighted by Gasteiger charge is 2.42. The number of hydrogen-bond acceptors (Lipinski definition) is 6. The van der Waals surface area contributed by atoms with Crippen LogP contribution in [0.5, 0.6) is 0 Å². The van der Waals surface area contributed by atoms with Crippen LogP contribution in [-0.4, -0.2) is 62.8 Å². The highest BCUT2D eigenvalue weighted by molar-refractivity contribution is 6.22. The van der Waals surface area contributed by atoms with E-state index in [1.54, 1.807) is 0 Å². The summed E-state index contributed by atoms with van der Waals surface area (Å²) in [4.78, 5) is 0. The summed E-state index contributed by atoms with van der Waals surface area (Å²) in [6.07, 6.45) is -7.04. The lowest BCUT2D eigenvalue weighted by molar-refractivity contribution is -0.286. The van der Waals surface area contributed by atoms with E-state index >= 15 is 0 Å². The van der Waals surface area contributed by atoms with E-state index in [9.17, 15) is 0 Å². The third-order valence-electron chi connectivity index (χ3n) is 5.26. The SMILES string of the molecule is OC[C@H]1O[C@@H](O)[C@H](O)[C@@H](O)[C@H]1O.c1cc2ccc3cccc4ccc(c1)c2c34. The lowest BCUT2D eigenvalue weighted by Crippen LogP contribution is -2.58. The molecule has 5 rings (SSSR count). The molecule has 5 atom stereocenters. The van der Waals surface area contributed by atoms with E-state index < -0.39 is 37.3 Å². The molecule has 0 radical (unpaired) electrons. The van der Waals surface area contributed by atoms with E-state index in [-0.39, 0.29) is 0 Å². The molecule has 0 amide bonds. The van der Waals surface area contributed by atoms with E-state index in [1.165, 1.54) is 32.3 Å². The van der Waals surface area contributed by atoms with Crippen molar-refractivity contribution in [2.45, 2.75) is 30.7 Å². The van der Waals surface area contributed by atoms with Crippen molar-refractivity contribution < 1.29 is 30.3 Å². The monoisotopic (exact) mass is 382 g/mol. The molecule has 0 spiro atoms. The average molecular weight is 382 g/mol.